The smallest absolute Gasteiger partial charge is 0.242 e. The van der Waals surface area contributed by atoms with Crippen LogP contribution in [-0.4, -0.2) is 25.4 Å². The molecule has 1 N–H and O–H groups in total. The van der Waals surface area contributed by atoms with Gasteiger partial charge in [0.25, 0.3) is 0 Å². The number of hydrogen-bond acceptors (Lipinski definition) is 2. The molecule has 24 heavy (non-hydrogen) atoms. The summed E-state index contributed by atoms with van der Waals surface area (Å²) in [6.07, 6.45) is 9.35. The molecule has 1 fully saturated rings. The van der Waals surface area contributed by atoms with Crippen molar-refractivity contribution in [1.29, 1.82) is 0 Å². The van der Waals surface area contributed by atoms with Crippen LogP contribution in [0.5, 0.6) is 0 Å². The lowest BCUT2D eigenvalue weighted by Crippen LogP contribution is -2.44. The second-order valence-electron chi connectivity index (χ2n) is 6.90. The highest BCUT2D eigenvalue weighted by Crippen LogP contribution is 2.47. The highest BCUT2D eigenvalue weighted by molar-refractivity contribution is 6.13. The lowest BCUT2D eigenvalue weighted by atomic mass is 9.97. The number of nitrogens with one attached hydrogen (secondary N) is 1. The number of carbonyl (C=O) groups is 2. The van der Waals surface area contributed by atoms with Gasteiger partial charge in [-0.3, -0.25) is 9.59 Å². The Morgan fingerprint density at radius 2 is 1.92 bits per heavy atom. The van der Waals surface area contributed by atoms with Gasteiger partial charge in [0.05, 0.1) is 0 Å². The minimum Gasteiger partial charge on any atom is -0.355 e. The number of nitrogens with zero attached hydrogens (tertiary/aromatic N) is 1. The van der Waals surface area contributed by atoms with Gasteiger partial charge in [-0.15, -0.1) is 0 Å². The second-order valence-corrected chi connectivity index (χ2v) is 6.90. The maximum absolute atomic E-state index is 12.8. The van der Waals surface area contributed by atoms with Gasteiger partial charge >= 0.3 is 0 Å². The SMILES string of the molecule is CN(C(=O)C1(C(=O)NCCC2=CCCCC2)CC1)c1ccccc1. The van der Waals surface area contributed by atoms with E-state index in [4.69, 9.17) is 0 Å². The third kappa shape index (κ3) is 3.53. The van der Waals surface area contributed by atoms with E-state index in [0.29, 0.717) is 19.4 Å². The van der Waals surface area contributed by atoms with Crippen molar-refractivity contribution in [3.05, 3.63) is 42.0 Å². The van der Waals surface area contributed by atoms with Crippen LogP contribution in [0.4, 0.5) is 5.69 Å². The summed E-state index contributed by atoms with van der Waals surface area (Å²) < 4.78 is 0. The molecule has 1 aromatic rings. The molecule has 0 aromatic heterocycles. The molecule has 2 aliphatic carbocycles. The molecular formula is C20H26N2O2. The maximum atomic E-state index is 12.8. The molecule has 4 heteroatoms. The van der Waals surface area contributed by atoms with Crippen molar-refractivity contribution >= 4 is 17.5 Å². The Balaban J connectivity index is 1.55. The quantitative estimate of drug-likeness (QED) is 0.643. The fraction of sp³-hybridized carbons (Fsp3) is 0.500. The number of rotatable bonds is 6. The van der Waals surface area contributed by atoms with Crippen LogP contribution < -0.4 is 10.2 Å². The van der Waals surface area contributed by atoms with E-state index in [1.54, 1.807) is 11.9 Å². The number of carbonyl (C=O) groups excluding carboxylic acids is 2. The highest BCUT2D eigenvalue weighted by Gasteiger charge is 2.57. The second kappa shape index (κ2) is 7.20. The molecule has 4 nitrogen and oxygen atoms in total. The van der Waals surface area contributed by atoms with Crippen molar-refractivity contribution in [1.82, 2.24) is 5.32 Å². The lowest BCUT2D eigenvalue weighted by molar-refractivity contribution is -0.135. The van der Waals surface area contributed by atoms with E-state index in [1.807, 2.05) is 30.3 Å². The summed E-state index contributed by atoms with van der Waals surface area (Å²) in [6, 6.07) is 9.50. The van der Waals surface area contributed by atoms with Gasteiger partial charge in [0.15, 0.2) is 0 Å². The summed E-state index contributed by atoms with van der Waals surface area (Å²) in [7, 11) is 1.75. The Labute approximate surface area is 143 Å². The van der Waals surface area contributed by atoms with Crippen LogP contribution in [0.2, 0.25) is 0 Å². The largest absolute Gasteiger partial charge is 0.355 e. The zero-order valence-electron chi connectivity index (χ0n) is 14.4. The van der Waals surface area contributed by atoms with Crippen molar-refractivity contribution in [3.8, 4) is 0 Å². The van der Waals surface area contributed by atoms with Gasteiger partial charge in [-0.2, -0.15) is 0 Å². The van der Waals surface area contributed by atoms with E-state index in [0.717, 1.165) is 24.9 Å². The molecule has 1 saturated carbocycles. The molecule has 0 aliphatic heterocycles. The van der Waals surface area contributed by atoms with Crippen LogP contribution >= 0.6 is 0 Å². The topological polar surface area (TPSA) is 49.4 Å². The fourth-order valence-electron chi connectivity index (χ4n) is 3.39. The van der Waals surface area contributed by atoms with Crippen molar-refractivity contribution in [3.63, 3.8) is 0 Å². The third-order valence-electron chi connectivity index (χ3n) is 5.16. The number of benzene rings is 1. The van der Waals surface area contributed by atoms with Crippen LogP contribution in [0.15, 0.2) is 42.0 Å². The first kappa shape index (κ1) is 16.7. The molecule has 0 unspecified atom stereocenters. The van der Waals surface area contributed by atoms with Crippen LogP contribution in [0.25, 0.3) is 0 Å². The zero-order valence-corrected chi connectivity index (χ0v) is 14.4. The van der Waals surface area contributed by atoms with Gasteiger partial charge in [-0.05, 0) is 57.1 Å². The van der Waals surface area contributed by atoms with Crippen LogP contribution in [0.3, 0.4) is 0 Å². The summed E-state index contributed by atoms with van der Waals surface area (Å²) >= 11 is 0. The van der Waals surface area contributed by atoms with Gasteiger partial charge in [0, 0.05) is 19.3 Å². The van der Waals surface area contributed by atoms with E-state index in [9.17, 15) is 9.59 Å². The van der Waals surface area contributed by atoms with E-state index in [2.05, 4.69) is 11.4 Å². The maximum Gasteiger partial charge on any atom is 0.242 e. The molecule has 2 amide bonds. The van der Waals surface area contributed by atoms with Crippen molar-refractivity contribution < 1.29 is 9.59 Å². The molecule has 0 spiro atoms. The molecule has 0 radical (unpaired) electrons. The van der Waals surface area contributed by atoms with Crippen LogP contribution in [0.1, 0.15) is 44.9 Å². The summed E-state index contributed by atoms with van der Waals surface area (Å²) in [5.74, 6) is -0.199. The molecule has 1 aromatic carbocycles. The number of anilines is 1. The third-order valence-corrected chi connectivity index (χ3v) is 5.16. The summed E-state index contributed by atoms with van der Waals surface area (Å²) in [4.78, 5) is 27.0. The molecule has 128 valence electrons. The zero-order chi connectivity index (χ0) is 17.0. The van der Waals surface area contributed by atoms with E-state index in [-0.39, 0.29) is 11.8 Å². The predicted molar refractivity (Wildman–Crippen MR) is 95.7 cm³/mol. The summed E-state index contributed by atoms with van der Waals surface area (Å²) in [5.41, 5.74) is 1.43. The summed E-state index contributed by atoms with van der Waals surface area (Å²) in [5, 5.41) is 2.99. The molecule has 0 heterocycles. The van der Waals surface area contributed by atoms with Crippen LogP contribution in [0, 0.1) is 5.41 Å². The minimum atomic E-state index is -0.842. The predicted octanol–water partition coefficient (Wildman–Crippen LogP) is 3.44. The van der Waals surface area contributed by atoms with E-state index < -0.39 is 5.41 Å². The first-order chi connectivity index (χ1) is 11.6. The van der Waals surface area contributed by atoms with Gasteiger partial charge in [0.1, 0.15) is 5.41 Å². The first-order valence-electron chi connectivity index (χ1n) is 8.93. The molecule has 0 bridgehead atoms. The van der Waals surface area contributed by atoms with E-state index in [1.165, 1.54) is 18.4 Å². The highest BCUT2D eigenvalue weighted by atomic mass is 16.2. The van der Waals surface area contributed by atoms with Crippen molar-refractivity contribution in [2.45, 2.75) is 44.9 Å². The lowest BCUT2D eigenvalue weighted by Gasteiger charge is -2.23. The molecule has 0 atom stereocenters. The Bertz CT molecular complexity index is 632. The number of hydrogen-bond donors (Lipinski definition) is 1. The normalized spacial score (nSPS) is 18.5. The van der Waals surface area contributed by atoms with Gasteiger partial charge in [0.2, 0.25) is 11.8 Å². The average Bonchev–Trinajstić information content (AvgIpc) is 3.44. The molecule has 2 aliphatic rings. The minimum absolute atomic E-state index is 0.0944. The van der Waals surface area contributed by atoms with Gasteiger partial charge in [-0.1, -0.05) is 29.8 Å². The average molecular weight is 326 g/mol. The Morgan fingerprint density at radius 1 is 1.17 bits per heavy atom. The molecule has 3 rings (SSSR count). The molecule has 0 saturated heterocycles. The Hall–Kier alpha value is -2.10. The number of amides is 2. The standard InChI is InChI=1S/C20H26N2O2/c1-22(17-10-6-3-7-11-17)19(24)20(13-14-20)18(23)21-15-12-16-8-4-2-5-9-16/h3,6-8,10-11H,2,4-5,9,12-15H2,1H3,(H,21,23). The first-order valence-corrected chi connectivity index (χ1v) is 8.93. The van der Waals surface area contributed by atoms with Crippen molar-refractivity contribution in [2.24, 2.45) is 5.41 Å². The molecular weight excluding hydrogens is 300 g/mol. The monoisotopic (exact) mass is 326 g/mol. The number of para-hydroxylation sites is 1. The summed E-state index contributed by atoms with van der Waals surface area (Å²) in [6.45, 7) is 0.634. The van der Waals surface area contributed by atoms with Crippen LogP contribution in [-0.2, 0) is 9.59 Å². The van der Waals surface area contributed by atoms with Gasteiger partial charge in [-0.25, -0.2) is 0 Å². The Morgan fingerprint density at radius 3 is 2.54 bits per heavy atom. The van der Waals surface area contributed by atoms with Gasteiger partial charge < -0.3 is 10.2 Å². The van der Waals surface area contributed by atoms with Crippen molar-refractivity contribution in [2.75, 3.05) is 18.5 Å². The van der Waals surface area contributed by atoms with E-state index >= 15 is 0 Å². The fourth-order valence-corrected chi connectivity index (χ4v) is 3.39. The number of allylic oxidation sites excluding steroid dienone is 1. The Kier molecular flexibility index (Phi) is 5.03.